The van der Waals surface area contributed by atoms with Crippen LogP contribution in [-0.2, 0) is 9.53 Å². The minimum absolute atomic E-state index is 0.0504. The highest BCUT2D eigenvalue weighted by molar-refractivity contribution is 5.78. The number of aryl methyl sites for hydroxylation is 2. The van der Waals surface area contributed by atoms with Gasteiger partial charge in [0.1, 0.15) is 6.61 Å². The van der Waals surface area contributed by atoms with E-state index < -0.39 is 6.10 Å². The maximum Gasteiger partial charge on any atom is 0.248 e. The zero-order chi connectivity index (χ0) is 13.1. The molecule has 1 saturated heterocycles. The molecule has 1 aromatic carbocycles. The summed E-state index contributed by atoms with van der Waals surface area (Å²) in [5.41, 5.74) is 3.06. The van der Waals surface area contributed by atoms with Crippen molar-refractivity contribution in [1.82, 2.24) is 4.90 Å². The van der Waals surface area contributed by atoms with Gasteiger partial charge in [-0.15, -0.1) is 0 Å². The predicted octanol–water partition coefficient (Wildman–Crippen LogP) is 1.20. The molecule has 1 heterocycles. The van der Waals surface area contributed by atoms with Crippen LogP contribution in [0.2, 0.25) is 0 Å². The molecule has 2 rings (SSSR count). The van der Waals surface area contributed by atoms with Crippen molar-refractivity contribution in [3.8, 4) is 0 Å². The highest BCUT2D eigenvalue weighted by Gasteiger charge is 2.22. The molecule has 1 aliphatic heterocycles. The Morgan fingerprint density at radius 2 is 2.22 bits per heavy atom. The Bertz CT molecular complexity index is 445. The van der Waals surface area contributed by atoms with Crippen molar-refractivity contribution in [3.05, 3.63) is 34.9 Å². The van der Waals surface area contributed by atoms with Gasteiger partial charge in [-0.3, -0.25) is 4.79 Å². The Labute approximate surface area is 107 Å². The Morgan fingerprint density at radius 1 is 1.44 bits per heavy atom. The van der Waals surface area contributed by atoms with E-state index >= 15 is 0 Å². The van der Waals surface area contributed by atoms with Crippen LogP contribution in [0.15, 0.2) is 18.2 Å². The Balaban J connectivity index is 2.08. The highest BCUT2D eigenvalue weighted by Crippen LogP contribution is 2.20. The Kier molecular flexibility index (Phi) is 3.99. The second-order valence-corrected chi connectivity index (χ2v) is 4.77. The topological polar surface area (TPSA) is 49.8 Å². The van der Waals surface area contributed by atoms with Gasteiger partial charge in [0.15, 0.2) is 0 Å². The lowest BCUT2D eigenvalue weighted by molar-refractivity contribution is -0.144. The number of rotatable bonds is 3. The monoisotopic (exact) mass is 249 g/mol. The van der Waals surface area contributed by atoms with Crippen LogP contribution in [0.3, 0.4) is 0 Å². The molecule has 0 spiro atoms. The van der Waals surface area contributed by atoms with E-state index in [4.69, 9.17) is 4.74 Å². The fraction of sp³-hybridized carbons (Fsp3) is 0.500. The molecule has 1 amide bonds. The van der Waals surface area contributed by atoms with Gasteiger partial charge in [0, 0.05) is 6.54 Å². The number of benzene rings is 1. The van der Waals surface area contributed by atoms with Crippen molar-refractivity contribution >= 4 is 5.91 Å². The third kappa shape index (κ3) is 2.89. The molecule has 1 aliphatic rings. The summed E-state index contributed by atoms with van der Waals surface area (Å²) < 4.78 is 5.07. The van der Waals surface area contributed by atoms with Crippen LogP contribution < -0.4 is 0 Å². The van der Waals surface area contributed by atoms with Gasteiger partial charge < -0.3 is 14.7 Å². The van der Waals surface area contributed by atoms with E-state index in [1.165, 1.54) is 0 Å². The molecule has 1 fully saturated rings. The number of ether oxygens (including phenoxy) is 1. The van der Waals surface area contributed by atoms with Crippen LogP contribution in [0.1, 0.15) is 22.8 Å². The molecule has 98 valence electrons. The number of amides is 1. The maximum atomic E-state index is 11.6. The van der Waals surface area contributed by atoms with Crippen LogP contribution in [0.5, 0.6) is 0 Å². The normalized spacial score (nSPS) is 17.9. The number of aliphatic hydroxyl groups is 1. The first kappa shape index (κ1) is 13.1. The second-order valence-electron chi connectivity index (χ2n) is 4.77. The molecule has 1 unspecified atom stereocenters. The van der Waals surface area contributed by atoms with Gasteiger partial charge in [-0.25, -0.2) is 0 Å². The van der Waals surface area contributed by atoms with E-state index in [-0.39, 0.29) is 12.5 Å². The van der Waals surface area contributed by atoms with Gasteiger partial charge in [-0.1, -0.05) is 23.8 Å². The number of aliphatic hydroxyl groups excluding tert-OH is 1. The van der Waals surface area contributed by atoms with Crippen molar-refractivity contribution in [2.45, 2.75) is 20.0 Å². The maximum absolute atomic E-state index is 11.6. The van der Waals surface area contributed by atoms with Gasteiger partial charge in [0.2, 0.25) is 5.91 Å². The molecule has 0 aliphatic carbocycles. The Hall–Kier alpha value is -1.39. The molecule has 1 atom stereocenters. The van der Waals surface area contributed by atoms with E-state index in [0.29, 0.717) is 19.7 Å². The summed E-state index contributed by atoms with van der Waals surface area (Å²) in [4.78, 5) is 13.3. The van der Waals surface area contributed by atoms with Crippen LogP contribution in [0, 0.1) is 13.8 Å². The van der Waals surface area contributed by atoms with Gasteiger partial charge in [-0.2, -0.15) is 0 Å². The first-order valence-corrected chi connectivity index (χ1v) is 6.18. The molecule has 4 nitrogen and oxygen atoms in total. The molecule has 1 aromatic rings. The number of nitrogens with zero attached hydrogens (tertiary/aromatic N) is 1. The summed E-state index contributed by atoms with van der Waals surface area (Å²) >= 11 is 0. The molecular formula is C14H19NO3. The van der Waals surface area contributed by atoms with Crippen molar-refractivity contribution < 1.29 is 14.6 Å². The van der Waals surface area contributed by atoms with Gasteiger partial charge in [0.05, 0.1) is 19.3 Å². The average Bonchev–Trinajstić information content (AvgIpc) is 2.35. The van der Waals surface area contributed by atoms with Gasteiger partial charge in [-0.05, 0) is 25.0 Å². The summed E-state index contributed by atoms with van der Waals surface area (Å²) in [6.07, 6.45) is -0.632. The summed E-state index contributed by atoms with van der Waals surface area (Å²) in [6, 6.07) is 5.99. The lowest BCUT2D eigenvalue weighted by atomic mass is 10.0. The third-order valence-electron chi connectivity index (χ3n) is 3.27. The number of β-amino-alcohol motifs (C(OH)–C–C–N with tert-alkyl or cyclic N) is 1. The molecule has 0 radical (unpaired) electrons. The minimum Gasteiger partial charge on any atom is -0.387 e. The lowest BCUT2D eigenvalue weighted by Crippen LogP contribution is -2.43. The molecule has 18 heavy (non-hydrogen) atoms. The van der Waals surface area contributed by atoms with E-state index in [9.17, 15) is 9.90 Å². The first-order chi connectivity index (χ1) is 8.58. The van der Waals surface area contributed by atoms with Gasteiger partial charge >= 0.3 is 0 Å². The number of hydrogen-bond acceptors (Lipinski definition) is 3. The lowest BCUT2D eigenvalue weighted by Gasteiger charge is -2.29. The number of morpholine rings is 1. The van der Waals surface area contributed by atoms with Crippen molar-refractivity contribution in [2.24, 2.45) is 0 Å². The summed E-state index contributed by atoms with van der Waals surface area (Å²) in [5.74, 6) is -0.0504. The molecular weight excluding hydrogens is 230 g/mol. The minimum atomic E-state index is -0.632. The average molecular weight is 249 g/mol. The van der Waals surface area contributed by atoms with Crippen molar-refractivity contribution in [1.29, 1.82) is 0 Å². The quantitative estimate of drug-likeness (QED) is 0.875. The van der Waals surface area contributed by atoms with Crippen LogP contribution >= 0.6 is 0 Å². The highest BCUT2D eigenvalue weighted by atomic mass is 16.5. The smallest absolute Gasteiger partial charge is 0.248 e. The molecule has 0 aromatic heterocycles. The largest absolute Gasteiger partial charge is 0.387 e. The fourth-order valence-electron chi connectivity index (χ4n) is 2.17. The zero-order valence-electron chi connectivity index (χ0n) is 10.8. The Morgan fingerprint density at radius 3 is 2.94 bits per heavy atom. The van der Waals surface area contributed by atoms with Crippen LogP contribution in [-0.4, -0.2) is 42.2 Å². The molecule has 0 bridgehead atoms. The fourth-order valence-corrected chi connectivity index (χ4v) is 2.17. The second kappa shape index (κ2) is 5.50. The van der Waals surface area contributed by atoms with Crippen molar-refractivity contribution in [2.75, 3.05) is 26.3 Å². The van der Waals surface area contributed by atoms with Gasteiger partial charge in [0.25, 0.3) is 0 Å². The van der Waals surface area contributed by atoms with Crippen molar-refractivity contribution in [3.63, 3.8) is 0 Å². The van der Waals surface area contributed by atoms with E-state index in [1.807, 2.05) is 32.0 Å². The van der Waals surface area contributed by atoms with Crippen LogP contribution in [0.25, 0.3) is 0 Å². The number of hydrogen-bond donors (Lipinski definition) is 1. The SMILES string of the molecule is Cc1ccc(C)c(C(O)CN2CCOCC2=O)c1. The summed E-state index contributed by atoms with van der Waals surface area (Å²) in [7, 11) is 0. The molecule has 0 saturated carbocycles. The number of carbonyl (C=O) groups excluding carboxylic acids is 1. The predicted molar refractivity (Wildman–Crippen MR) is 68.3 cm³/mol. The first-order valence-electron chi connectivity index (χ1n) is 6.18. The zero-order valence-corrected chi connectivity index (χ0v) is 10.8. The molecule has 1 N–H and O–H groups in total. The number of carbonyl (C=O) groups is 1. The van der Waals surface area contributed by atoms with E-state index in [2.05, 4.69) is 0 Å². The van der Waals surface area contributed by atoms with Crippen LogP contribution in [0.4, 0.5) is 0 Å². The standard InChI is InChI=1S/C14H19NO3/c1-10-3-4-11(2)12(7-10)13(16)8-15-5-6-18-9-14(15)17/h3-4,7,13,16H,5-6,8-9H2,1-2H3. The third-order valence-corrected chi connectivity index (χ3v) is 3.27. The summed E-state index contributed by atoms with van der Waals surface area (Å²) in [5, 5.41) is 10.3. The van der Waals surface area contributed by atoms with E-state index in [0.717, 1.165) is 16.7 Å². The van der Waals surface area contributed by atoms with E-state index in [1.54, 1.807) is 4.90 Å². The molecule has 4 heteroatoms. The summed E-state index contributed by atoms with van der Waals surface area (Å²) in [6.45, 7) is 5.53.